The van der Waals surface area contributed by atoms with Crippen molar-refractivity contribution < 1.29 is 0 Å². The number of rotatable bonds is 15. The van der Waals surface area contributed by atoms with Crippen LogP contribution in [0.2, 0.25) is 0 Å². The predicted octanol–water partition coefficient (Wildman–Crippen LogP) is 7.44. The Labute approximate surface area is 128 Å². The molecule has 0 aliphatic carbocycles. The monoisotopic (exact) mass is 278 g/mol. The van der Waals surface area contributed by atoms with Gasteiger partial charge >= 0.3 is 0 Å². The second-order valence-corrected chi connectivity index (χ2v) is 6.23. The molecule has 0 saturated carbocycles. The van der Waals surface area contributed by atoms with E-state index in [9.17, 15) is 0 Å². The lowest BCUT2D eigenvalue weighted by atomic mass is 9.92. The van der Waals surface area contributed by atoms with Crippen LogP contribution in [0.5, 0.6) is 0 Å². The summed E-state index contributed by atoms with van der Waals surface area (Å²) < 4.78 is 0. The summed E-state index contributed by atoms with van der Waals surface area (Å²) in [5.74, 6) is 0.987. The minimum absolute atomic E-state index is 0.987. The average Bonchev–Trinajstić information content (AvgIpc) is 2.47. The second kappa shape index (κ2) is 16.6. The minimum atomic E-state index is 0.987. The van der Waals surface area contributed by atoms with Gasteiger partial charge in [0, 0.05) is 0 Å². The quantitative estimate of drug-likeness (QED) is 0.215. The molecule has 0 aromatic heterocycles. The molecule has 0 aromatic carbocycles. The van der Waals surface area contributed by atoms with E-state index in [4.69, 9.17) is 0 Å². The van der Waals surface area contributed by atoms with Crippen LogP contribution in [-0.2, 0) is 0 Å². The second-order valence-electron chi connectivity index (χ2n) is 6.23. The van der Waals surface area contributed by atoms with Crippen molar-refractivity contribution >= 4 is 0 Å². The van der Waals surface area contributed by atoms with Gasteiger partial charge < -0.3 is 0 Å². The van der Waals surface area contributed by atoms with Crippen molar-refractivity contribution in [2.45, 2.75) is 104 Å². The predicted molar refractivity (Wildman–Crippen MR) is 93.2 cm³/mol. The van der Waals surface area contributed by atoms with Crippen LogP contribution in [0.1, 0.15) is 104 Å². The maximum Gasteiger partial charge on any atom is -0.0275 e. The van der Waals surface area contributed by atoms with Gasteiger partial charge in [-0.25, -0.2) is 0 Å². The van der Waals surface area contributed by atoms with Crippen molar-refractivity contribution in [1.29, 1.82) is 0 Å². The number of hydrogen-bond donors (Lipinski definition) is 0. The van der Waals surface area contributed by atoms with Crippen LogP contribution in [0.3, 0.4) is 0 Å². The maximum atomic E-state index is 3.60. The van der Waals surface area contributed by atoms with E-state index < -0.39 is 0 Å². The number of unbranched alkanes of at least 4 members (excludes halogenated alkanes) is 9. The summed E-state index contributed by atoms with van der Waals surface area (Å²) >= 11 is 0. The van der Waals surface area contributed by atoms with Gasteiger partial charge in [-0.05, 0) is 24.8 Å². The highest BCUT2D eigenvalue weighted by atomic mass is 14.1. The fourth-order valence-corrected chi connectivity index (χ4v) is 2.90. The Morgan fingerprint density at radius 3 is 1.90 bits per heavy atom. The summed E-state index contributed by atoms with van der Waals surface area (Å²) in [6.45, 7) is 8.26. The molecule has 0 aromatic rings. The first-order chi connectivity index (χ1) is 9.85. The molecule has 0 aliphatic rings. The van der Waals surface area contributed by atoms with E-state index in [0.717, 1.165) is 12.3 Å². The van der Waals surface area contributed by atoms with Gasteiger partial charge in [-0.2, -0.15) is 0 Å². The molecule has 0 heteroatoms. The maximum absolute atomic E-state index is 3.60. The molecular weight excluding hydrogens is 240 g/mol. The first-order valence-corrected chi connectivity index (χ1v) is 9.19. The van der Waals surface area contributed by atoms with E-state index in [-0.39, 0.29) is 0 Å². The fourth-order valence-electron chi connectivity index (χ4n) is 2.90. The van der Waals surface area contributed by atoms with Crippen LogP contribution in [0, 0.1) is 5.92 Å². The summed E-state index contributed by atoms with van der Waals surface area (Å²) in [6, 6.07) is 0. The zero-order chi connectivity index (χ0) is 14.9. The summed E-state index contributed by atoms with van der Waals surface area (Å²) in [5.41, 5.74) is 2.86. The zero-order valence-corrected chi connectivity index (χ0v) is 14.3. The van der Waals surface area contributed by atoms with E-state index in [1.54, 1.807) is 0 Å². The third kappa shape index (κ3) is 13.9. The smallest absolute Gasteiger partial charge is 0.0275 e. The van der Waals surface area contributed by atoms with Crippen LogP contribution < -0.4 is 0 Å². The molecule has 0 nitrogen and oxygen atoms in total. The van der Waals surface area contributed by atoms with E-state index in [1.807, 2.05) is 0 Å². The molecule has 0 heterocycles. The van der Waals surface area contributed by atoms with E-state index >= 15 is 0 Å². The number of allylic oxidation sites excluding steroid dienone is 1. The van der Waals surface area contributed by atoms with Crippen molar-refractivity contribution in [2.75, 3.05) is 0 Å². The first kappa shape index (κ1) is 19.5. The molecule has 0 radical (unpaired) electrons. The minimum Gasteiger partial charge on any atom is -0.133 e. The molecule has 0 bridgehead atoms. The first-order valence-electron chi connectivity index (χ1n) is 9.19. The number of hydrogen-bond acceptors (Lipinski definition) is 0. The Hall–Kier alpha value is -0.480. The third-order valence-corrected chi connectivity index (χ3v) is 4.40. The highest BCUT2D eigenvalue weighted by Gasteiger charge is 2.05. The molecule has 0 fully saturated rings. The van der Waals surface area contributed by atoms with Crippen molar-refractivity contribution in [2.24, 2.45) is 5.92 Å². The Morgan fingerprint density at radius 2 is 1.35 bits per heavy atom. The van der Waals surface area contributed by atoms with Crippen LogP contribution in [0.15, 0.2) is 18.4 Å². The Kier molecular flexibility index (Phi) is 16.2. The van der Waals surface area contributed by atoms with Crippen LogP contribution in [0.4, 0.5) is 0 Å². The molecular formula is C20H38. The summed E-state index contributed by atoms with van der Waals surface area (Å²) in [6.07, 6.45) is 21.7. The molecule has 0 spiro atoms. The zero-order valence-electron chi connectivity index (χ0n) is 14.3. The third-order valence-electron chi connectivity index (χ3n) is 4.40. The van der Waals surface area contributed by atoms with E-state index in [2.05, 4.69) is 32.2 Å². The van der Waals surface area contributed by atoms with E-state index in [1.165, 1.54) is 83.5 Å². The molecule has 1 unspecified atom stereocenters. The van der Waals surface area contributed by atoms with Crippen LogP contribution >= 0.6 is 0 Å². The molecule has 0 rings (SSSR count). The molecule has 0 N–H and O–H groups in total. The lowest BCUT2D eigenvalue weighted by Gasteiger charge is -2.14. The van der Waals surface area contributed by atoms with Gasteiger partial charge in [0.15, 0.2) is 0 Å². The normalized spacial score (nSPS) is 12.1. The SMILES string of the molecule is C=C=CCCCCCC(CC)CCCCCCCCC. The molecule has 0 aliphatic heterocycles. The van der Waals surface area contributed by atoms with Crippen molar-refractivity contribution in [3.8, 4) is 0 Å². The Balaban J connectivity index is 3.35. The standard InChI is InChI=1S/C20H38/c1-4-7-9-11-13-15-17-19-20(6-3)18-16-14-12-10-8-5-2/h8,20H,2,4,6-7,9-19H2,1,3H3. The molecule has 20 heavy (non-hydrogen) atoms. The van der Waals surface area contributed by atoms with Gasteiger partial charge in [-0.3, -0.25) is 0 Å². The van der Waals surface area contributed by atoms with Gasteiger partial charge in [0.05, 0.1) is 0 Å². The lowest BCUT2D eigenvalue weighted by molar-refractivity contribution is 0.394. The summed E-state index contributed by atoms with van der Waals surface area (Å²) in [7, 11) is 0. The molecule has 0 amide bonds. The summed E-state index contributed by atoms with van der Waals surface area (Å²) in [4.78, 5) is 0. The Bertz CT molecular complexity index is 222. The molecule has 118 valence electrons. The topological polar surface area (TPSA) is 0 Å². The van der Waals surface area contributed by atoms with Crippen molar-refractivity contribution in [3.05, 3.63) is 18.4 Å². The van der Waals surface area contributed by atoms with Gasteiger partial charge in [0.2, 0.25) is 0 Å². The van der Waals surface area contributed by atoms with Crippen LogP contribution in [0.25, 0.3) is 0 Å². The van der Waals surface area contributed by atoms with Gasteiger partial charge in [0.25, 0.3) is 0 Å². The van der Waals surface area contributed by atoms with Gasteiger partial charge in [-0.15, -0.1) is 5.73 Å². The molecule has 0 saturated heterocycles. The van der Waals surface area contributed by atoms with Gasteiger partial charge in [-0.1, -0.05) is 97.5 Å². The van der Waals surface area contributed by atoms with Crippen LogP contribution in [-0.4, -0.2) is 0 Å². The lowest BCUT2D eigenvalue weighted by Crippen LogP contribution is -1.99. The highest BCUT2D eigenvalue weighted by molar-refractivity contribution is 4.75. The van der Waals surface area contributed by atoms with Crippen molar-refractivity contribution in [1.82, 2.24) is 0 Å². The van der Waals surface area contributed by atoms with Crippen molar-refractivity contribution in [3.63, 3.8) is 0 Å². The average molecular weight is 279 g/mol. The molecule has 1 atom stereocenters. The largest absolute Gasteiger partial charge is 0.133 e. The van der Waals surface area contributed by atoms with Gasteiger partial charge in [0.1, 0.15) is 0 Å². The Morgan fingerprint density at radius 1 is 0.800 bits per heavy atom. The highest BCUT2D eigenvalue weighted by Crippen LogP contribution is 2.21. The fraction of sp³-hybridized carbons (Fsp3) is 0.850. The van der Waals surface area contributed by atoms with E-state index in [0.29, 0.717) is 0 Å². The summed E-state index contributed by atoms with van der Waals surface area (Å²) in [5, 5.41) is 0.